The third-order valence-electron chi connectivity index (χ3n) is 5.15. The Bertz CT molecular complexity index is 694. The van der Waals surface area contributed by atoms with Gasteiger partial charge in [-0.15, -0.1) is 0 Å². The molecular weight excluding hydrogens is 300 g/mol. The van der Waals surface area contributed by atoms with Gasteiger partial charge in [-0.3, -0.25) is 9.78 Å². The van der Waals surface area contributed by atoms with E-state index in [9.17, 15) is 4.79 Å². The van der Waals surface area contributed by atoms with Crippen molar-refractivity contribution >= 4 is 5.91 Å². The fourth-order valence-electron chi connectivity index (χ4n) is 3.54. The van der Waals surface area contributed by atoms with E-state index in [1.807, 2.05) is 30.2 Å². The van der Waals surface area contributed by atoms with Gasteiger partial charge in [0.1, 0.15) is 5.82 Å². The van der Waals surface area contributed by atoms with Gasteiger partial charge in [0, 0.05) is 43.4 Å². The van der Waals surface area contributed by atoms with Crippen LogP contribution in [0.3, 0.4) is 0 Å². The Hall–Kier alpha value is -2.17. The number of imidazole rings is 1. The minimum Gasteiger partial charge on any atom is -0.339 e. The zero-order valence-electron chi connectivity index (χ0n) is 14.8. The van der Waals surface area contributed by atoms with Gasteiger partial charge in [-0.1, -0.05) is 0 Å². The summed E-state index contributed by atoms with van der Waals surface area (Å²) in [7, 11) is 0. The molecule has 1 aliphatic rings. The molecule has 0 radical (unpaired) electrons. The Kier molecular flexibility index (Phi) is 4.97. The number of pyridine rings is 1. The van der Waals surface area contributed by atoms with Gasteiger partial charge in [-0.2, -0.15) is 0 Å². The molecule has 0 bridgehead atoms. The van der Waals surface area contributed by atoms with Crippen LogP contribution in [0.4, 0.5) is 0 Å². The van der Waals surface area contributed by atoms with Crippen LogP contribution in [0.2, 0.25) is 0 Å². The quantitative estimate of drug-likeness (QED) is 0.867. The van der Waals surface area contributed by atoms with Crippen LogP contribution >= 0.6 is 0 Å². The molecule has 0 atom stereocenters. The molecule has 0 saturated carbocycles. The summed E-state index contributed by atoms with van der Waals surface area (Å²) in [4.78, 5) is 23.2. The zero-order valence-corrected chi connectivity index (χ0v) is 14.8. The van der Waals surface area contributed by atoms with Crippen molar-refractivity contribution in [2.45, 2.75) is 46.6 Å². The number of carbonyl (C=O) groups excluding carboxylic acids is 1. The summed E-state index contributed by atoms with van der Waals surface area (Å²) in [5.41, 5.74) is 2.78. The number of likely N-dealkylation sites (tertiary alicyclic amines) is 1. The van der Waals surface area contributed by atoms with E-state index in [1.54, 1.807) is 6.20 Å². The molecule has 0 N–H and O–H groups in total. The number of rotatable bonds is 4. The molecule has 2 aromatic rings. The average Bonchev–Trinajstić information content (AvgIpc) is 2.91. The number of aryl methyl sites for hydroxylation is 3. The van der Waals surface area contributed by atoms with Crippen molar-refractivity contribution in [2.75, 3.05) is 13.1 Å². The predicted molar refractivity (Wildman–Crippen MR) is 93.9 cm³/mol. The minimum absolute atomic E-state index is 0.125. The molecular formula is C19H26N4O. The van der Waals surface area contributed by atoms with E-state index in [2.05, 4.69) is 28.4 Å². The Balaban J connectivity index is 1.53. The van der Waals surface area contributed by atoms with Gasteiger partial charge in [0.25, 0.3) is 5.91 Å². The number of nitrogens with zero attached hydrogens (tertiary/aromatic N) is 4. The first-order valence-corrected chi connectivity index (χ1v) is 8.76. The van der Waals surface area contributed by atoms with Gasteiger partial charge < -0.3 is 9.47 Å². The lowest BCUT2D eigenvalue weighted by Gasteiger charge is -2.32. The van der Waals surface area contributed by atoms with E-state index in [0.29, 0.717) is 5.92 Å². The van der Waals surface area contributed by atoms with Crippen LogP contribution in [-0.2, 0) is 6.54 Å². The second kappa shape index (κ2) is 7.16. The predicted octanol–water partition coefficient (Wildman–Crippen LogP) is 3.15. The highest BCUT2D eigenvalue weighted by Gasteiger charge is 2.24. The second-order valence-electron chi connectivity index (χ2n) is 6.76. The van der Waals surface area contributed by atoms with E-state index in [0.717, 1.165) is 56.0 Å². The van der Waals surface area contributed by atoms with E-state index in [-0.39, 0.29) is 5.91 Å². The van der Waals surface area contributed by atoms with E-state index in [1.165, 1.54) is 5.69 Å². The molecule has 5 heteroatoms. The van der Waals surface area contributed by atoms with Crippen LogP contribution in [0.5, 0.6) is 0 Å². The molecule has 2 aromatic heterocycles. The van der Waals surface area contributed by atoms with Crippen molar-refractivity contribution in [2.24, 2.45) is 5.92 Å². The van der Waals surface area contributed by atoms with Crippen molar-refractivity contribution in [3.05, 3.63) is 47.3 Å². The fourth-order valence-corrected chi connectivity index (χ4v) is 3.54. The molecule has 1 fully saturated rings. The molecule has 3 heterocycles. The first-order chi connectivity index (χ1) is 11.6. The highest BCUT2D eigenvalue weighted by Crippen LogP contribution is 2.23. The molecule has 0 unspecified atom stereocenters. The minimum atomic E-state index is 0.125. The van der Waals surface area contributed by atoms with Crippen LogP contribution in [-0.4, -0.2) is 38.4 Å². The van der Waals surface area contributed by atoms with Crippen LogP contribution < -0.4 is 0 Å². The summed E-state index contributed by atoms with van der Waals surface area (Å²) >= 11 is 0. The van der Waals surface area contributed by atoms with Crippen molar-refractivity contribution in [3.8, 4) is 0 Å². The standard InChI is InChI=1S/C19H26N4O/c1-14-13-21-16(3)23(14)12-8-17-6-10-22(11-7-17)19(24)18-5-4-9-20-15(18)2/h4-5,9,13,17H,6-8,10-12H2,1-3H3. The van der Waals surface area contributed by atoms with E-state index < -0.39 is 0 Å². The monoisotopic (exact) mass is 326 g/mol. The summed E-state index contributed by atoms with van der Waals surface area (Å²) in [5, 5.41) is 0. The number of carbonyl (C=O) groups is 1. The SMILES string of the molecule is Cc1ncccc1C(=O)N1CCC(CCn2c(C)cnc2C)CC1. The normalized spacial score (nSPS) is 15.7. The Labute approximate surface area is 143 Å². The maximum absolute atomic E-state index is 12.6. The number of hydrogen-bond acceptors (Lipinski definition) is 3. The summed E-state index contributed by atoms with van der Waals surface area (Å²) in [6.07, 6.45) is 6.99. The van der Waals surface area contributed by atoms with Gasteiger partial charge in [-0.05, 0) is 58.1 Å². The largest absolute Gasteiger partial charge is 0.339 e. The lowest BCUT2D eigenvalue weighted by molar-refractivity contribution is 0.0683. The zero-order chi connectivity index (χ0) is 17.1. The molecule has 1 amide bonds. The first-order valence-electron chi connectivity index (χ1n) is 8.76. The van der Waals surface area contributed by atoms with Crippen LogP contribution in [0.25, 0.3) is 0 Å². The Morgan fingerprint density at radius 2 is 1.96 bits per heavy atom. The maximum atomic E-state index is 12.6. The van der Waals surface area contributed by atoms with Crippen molar-refractivity contribution in [1.82, 2.24) is 19.4 Å². The van der Waals surface area contributed by atoms with E-state index >= 15 is 0 Å². The van der Waals surface area contributed by atoms with Gasteiger partial charge in [-0.25, -0.2) is 4.98 Å². The molecule has 5 nitrogen and oxygen atoms in total. The number of hydrogen-bond donors (Lipinski definition) is 0. The molecule has 128 valence electrons. The average molecular weight is 326 g/mol. The lowest BCUT2D eigenvalue weighted by Crippen LogP contribution is -2.39. The molecule has 1 aliphatic heterocycles. The number of aromatic nitrogens is 3. The second-order valence-corrected chi connectivity index (χ2v) is 6.76. The molecule has 0 spiro atoms. The summed E-state index contributed by atoms with van der Waals surface area (Å²) in [6.45, 7) is 8.79. The van der Waals surface area contributed by atoms with Crippen molar-refractivity contribution in [3.63, 3.8) is 0 Å². The molecule has 0 aromatic carbocycles. The molecule has 1 saturated heterocycles. The van der Waals surface area contributed by atoms with Crippen LogP contribution in [0.1, 0.15) is 46.8 Å². The summed E-state index contributed by atoms with van der Waals surface area (Å²) < 4.78 is 2.29. The fraction of sp³-hybridized carbons (Fsp3) is 0.526. The number of amides is 1. The molecule has 3 rings (SSSR count). The summed E-state index contributed by atoms with van der Waals surface area (Å²) in [6, 6.07) is 3.71. The lowest BCUT2D eigenvalue weighted by atomic mass is 9.93. The number of piperidine rings is 1. The van der Waals surface area contributed by atoms with Gasteiger partial charge in [0.15, 0.2) is 0 Å². The summed E-state index contributed by atoms with van der Waals surface area (Å²) in [5.74, 6) is 1.90. The molecule has 24 heavy (non-hydrogen) atoms. The topological polar surface area (TPSA) is 51.0 Å². The van der Waals surface area contributed by atoms with Gasteiger partial charge >= 0.3 is 0 Å². The van der Waals surface area contributed by atoms with Crippen molar-refractivity contribution in [1.29, 1.82) is 0 Å². The van der Waals surface area contributed by atoms with Gasteiger partial charge in [0.2, 0.25) is 0 Å². The molecule has 0 aliphatic carbocycles. The van der Waals surface area contributed by atoms with Crippen LogP contribution in [0, 0.1) is 26.7 Å². The third-order valence-corrected chi connectivity index (χ3v) is 5.15. The van der Waals surface area contributed by atoms with Crippen LogP contribution in [0.15, 0.2) is 24.5 Å². The van der Waals surface area contributed by atoms with Crippen molar-refractivity contribution < 1.29 is 4.79 Å². The van der Waals surface area contributed by atoms with Gasteiger partial charge in [0.05, 0.1) is 5.56 Å². The highest BCUT2D eigenvalue weighted by molar-refractivity contribution is 5.95. The Morgan fingerprint density at radius 1 is 1.21 bits per heavy atom. The maximum Gasteiger partial charge on any atom is 0.255 e. The smallest absolute Gasteiger partial charge is 0.255 e. The van der Waals surface area contributed by atoms with E-state index in [4.69, 9.17) is 0 Å². The highest BCUT2D eigenvalue weighted by atomic mass is 16.2. The third kappa shape index (κ3) is 3.50. The Morgan fingerprint density at radius 3 is 2.58 bits per heavy atom. The first kappa shape index (κ1) is 16.7.